The Labute approximate surface area is 223 Å². The van der Waals surface area contributed by atoms with Gasteiger partial charge in [-0.05, 0) is 53.5 Å². The lowest BCUT2D eigenvalue weighted by Crippen LogP contribution is -2.47. The van der Waals surface area contributed by atoms with Crippen molar-refractivity contribution in [3.63, 3.8) is 0 Å². The van der Waals surface area contributed by atoms with E-state index < -0.39 is 35.5 Å². The Bertz CT molecular complexity index is 1080. The number of rotatable bonds is 7. The van der Waals surface area contributed by atoms with Crippen LogP contribution in [0.5, 0.6) is 0 Å². The van der Waals surface area contributed by atoms with Crippen LogP contribution in [-0.4, -0.2) is 34.0 Å². The Hall–Kier alpha value is -2.08. The Balaban J connectivity index is 1.77. The average molecular weight is 533 g/mol. The molecule has 1 saturated heterocycles. The van der Waals surface area contributed by atoms with Gasteiger partial charge in [-0.15, -0.1) is 0 Å². The van der Waals surface area contributed by atoms with E-state index >= 15 is 0 Å². The number of carbonyl (C=O) groups excluding carboxylic acids is 1. The minimum absolute atomic E-state index is 0.107. The third kappa shape index (κ3) is 5.74. The Morgan fingerprint density at radius 1 is 1.06 bits per heavy atom. The Morgan fingerprint density at radius 3 is 2.33 bits per heavy atom. The van der Waals surface area contributed by atoms with Crippen molar-refractivity contribution in [2.45, 2.75) is 77.7 Å². The van der Waals surface area contributed by atoms with E-state index in [1.807, 2.05) is 51.1 Å². The van der Waals surface area contributed by atoms with Crippen LogP contribution < -0.4 is 0 Å². The molecule has 194 valence electrons. The van der Waals surface area contributed by atoms with Crippen LogP contribution in [0.3, 0.4) is 0 Å². The highest BCUT2D eigenvalue weighted by molar-refractivity contribution is 6.33. The van der Waals surface area contributed by atoms with Crippen molar-refractivity contribution >= 4 is 35.1 Å². The van der Waals surface area contributed by atoms with Gasteiger partial charge in [0.1, 0.15) is 6.04 Å². The van der Waals surface area contributed by atoms with E-state index in [4.69, 9.17) is 27.9 Å². The predicted molar refractivity (Wildman–Crippen MR) is 142 cm³/mol. The fourth-order valence-electron chi connectivity index (χ4n) is 6.03. The molecule has 4 rings (SSSR count). The van der Waals surface area contributed by atoms with E-state index in [0.29, 0.717) is 22.4 Å². The molecule has 4 unspecified atom stereocenters. The quantitative estimate of drug-likeness (QED) is 0.411. The number of hydrogen-bond acceptors (Lipinski definition) is 3. The van der Waals surface area contributed by atoms with Gasteiger partial charge in [-0.25, -0.2) is 4.79 Å². The van der Waals surface area contributed by atoms with Crippen molar-refractivity contribution in [1.82, 2.24) is 4.90 Å². The first-order valence-electron chi connectivity index (χ1n) is 12.7. The highest BCUT2D eigenvalue weighted by atomic mass is 35.5. The summed E-state index contributed by atoms with van der Waals surface area (Å²) in [4.78, 5) is 28.3. The van der Waals surface area contributed by atoms with Gasteiger partial charge in [0.05, 0.1) is 18.8 Å². The summed E-state index contributed by atoms with van der Waals surface area (Å²) in [7, 11) is 0. The van der Waals surface area contributed by atoms with Crippen molar-refractivity contribution < 1.29 is 19.4 Å². The van der Waals surface area contributed by atoms with Crippen molar-refractivity contribution in [3.8, 4) is 0 Å². The van der Waals surface area contributed by atoms with Gasteiger partial charge in [-0.3, -0.25) is 4.79 Å². The molecule has 0 spiro atoms. The molecule has 2 aromatic rings. The van der Waals surface area contributed by atoms with Gasteiger partial charge < -0.3 is 14.7 Å². The molecule has 1 aliphatic carbocycles. The zero-order valence-electron chi connectivity index (χ0n) is 21.1. The van der Waals surface area contributed by atoms with Gasteiger partial charge in [0, 0.05) is 22.4 Å². The lowest BCUT2D eigenvalue weighted by Gasteiger charge is -2.35. The third-order valence-corrected chi connectivity index (χ3v) is 8.27. The summed E-state index contributed by atoms with van der Waals surface area (Å²) >= 11 is 12.6. The number of carboxylic acids is 1. The largest absolute Gasteiger partial charge is 0.480 e. The van der Waals surface area contributed by atoms with Crippen LogP contribution in [0.15, 0.2) is 48.5 Å². The normalized spacial score (nSPS) is 24.9. The predicted octanol–water partition coefficient (Wildman–Crippen LogP) is 7.16. The van der Waals surface area contributed by atoms with Crippen LogP contribution in [0.4, 0.5) is 0 Å². The molecule has 1 aliphatic heterocycles. The maximum absolute atomic E-state index is 13.9. The number of carboxylic acid groups (broad SMARTS) is 1. The third-order valence-electron chi connectivity index (χ3n) is 7.66. The second kappa shape index (κ2) is 11.1. The van der Waals surface area contributed by atoms with Crippen molar-refractivity contribution in [2.75, 3.05) is 0 Å². The first-order valence-corrected chi connectivity index (χ1v) is 13.5. The Kier molecular flexibility index (Phi) is 8.33. The lowest BCUT2D eigenvalue weighted by molar-refractivity contribution is -0.152. The van der Waals surface area contributed by atoms with Gasteiger partial charge in [-0.1, -0.05) is 87.1 Å². The van der Waals surface area contributed by atoms with Crippen molar-refractivity contribution in [3.05, 3.63) is 69.7 Å². The zero-order valence-corrected chi connectivity index (χ0v) is 22.6. The standard InChI is InChI=1S/C29H35Cl2NO4/c1-29(2,3)24-26(28(34)35)32(23(33)15-18-9-7-8-10-18)25(19-11-5-4-6-12-19)27(24)36-17-20-16-21(30)13-14-22(20)31/h4-6,11-14,16,18,24-27H,7-10,15,17H2,1-3H3,(H,34,35). The second-order valence-electron chi connectivity index (χ2n) is 11.2. The van der Waals surface area contributed by atoms with Crippen molar-refractivity contribution in [1.29, 1.82) is 0 Å². The van der Waals surface area contributed by atoms with E-state index in [0.717, 1.165) is 36.8 Å². The first-order chi connectivity index (χ1) is 17.1. The fraction of sp³-hybridized carbons (Fsp3) is 0.517. The molecule has 2 aromatic carbocycles. The minimum Gasteiger partial charge on any atom is -0.480 e. The van der Waals surface area contributed by atoms with E-state index in [1.165, 1.54) is 0 Å². The average Bonchev–Trinajstić information content (AvgIpc) is 3.45. The van der Waals surface area contributed by atoms with E-state index in [9.17, 15) is 14.7 Å². The molecule has 1 amide bonds. The topological polar surface area (TPSA) is 66.8 Å². The van der Waals surface area contributed by atoms with Crippen LogP contribution in [0, 0.1) is 17.3 Å². The number of carbonyl (C=O) groups is 2. The number of nitrogens with zero attached hydrogens (tertiary/aromatic N) is 1. The highest BCUT2D eigenvalue weighted by Crippen LogP contribution is 2.50. The molecule has 0 aromatic heterocycles. The monoisotopic (exact) mass is 531 g/mol. The summed E-state index contributed by atoms with van der Waals surface area (Å²) in [5.74, 6) is -1.24. The van der Waals surface area contributed by atoms with Crippen LogP contribution >= 0.6 is 23.2 Å². The molecule has 2 aliphatic rings. The van der Waals surface area contributed by atoms with E-state index in [2.05, 4.69) is 0 Å². The summed E-state index contributed by atoms with van der Waals surface area (Å²) in [6.45, 7) is 6.22. The number of aliphatic carboxylic acids is 1. The van der Waals surface area contributed by atoms with Crippen LogP contribution in [0.2, 0.25) is 10.0 Å². The van der Waals surface area contributed by atoms with E-state index in [-0.39, 0.29) is 12.5 Å². The van der Waals surface area contributed by atoms with E-state index in [1.54, 1.807) is 23.1 Å². The molecule has 0 radical (unpaired) electrons. The summed E-state index contributed by atoms with van der Waals surface area (Å²) in [6, 6.07) is 13.3. The minimum atomic E-state index is -0.998. The van der Waals surface area contributed by atoms with Gasteiger partial charge >= 0.3 is 5.97 Å². The summed E-state index contributed by atoms with van der Waals surface area (Å²) < 4.78 is 6.56. The molecule has 7 heteroatoms. The number of hydrogen-bond donors (Lipinski definition) is 1. The molecule has 0 bridgehead atoms. The maximum Gasteiger partial charge on any atom is 0.326 e. The molecule has 1 N–H and O–H groups in total. The summed E-state index contributed by atoms with van der Waals surface area (Å²) in [5.41, 5.74) is 1.16. The maximum atomic E-state index is 13.9. The molecule has 5 nitrogen and oxygen atoms in total. The van der Waals surface area contributed by atoms with Crippen molar-refractivity contribution in [2.24, 2.45) is 17.3 Å². The number of benzene rings is 2. The van der Waals surface area contributed by atoms with Crippen LogP contribution in [0.25, 0.3) is 0 Å². The number of halogens is 2. The van der Waals surface area contributed by atoms with Gasteiger partial charge in [0.15, 0.2) is 0 Å². The number of amides is 1. The summed E-state index contributed by atoms with van der Waals surface area (Å²) in [6.07, 6.45) is 4.11. The lowest BCUT2D eigenvalue weighted by atomic mass is 9.73. The highest BCUT2D eigenvalue weighted by Gasteiger charge is 2.58. The summed E-state index contributed by atoms with van der Waals surface area (Å²) in [5, 5.41) is 11.6. The van der Waals surface area contributed by atoms with Crippen LogP contribution in [-0.2, 0) is 20.9 Å². The molecule has 36 heavy (non-hydrogen) atoms. The SMILES string of the molecule is CC(C)(C)C1C(OCc2cc(Cl)ccc2Cl)C(c2ccccc2)N(C(=O)CC2CCCC2)C1C(=O)O. The molecular formula is C29H35Cl2NO4. The number of likely N-dealkylation sites (tertiary alicyclic amines) is 1. The van der Waals surface area contributed by atoms with Crippen LogP contribution in [0.1, 0.15) is 70.0 Å². The first kappa shape index (κ1) is 27.0. The Morgan fingerprint density at radius 2 is 1.72 bits per heavy atom. The second-order valence-corrected chi connectivity index (χ2v) is 12.0. The molecule has 1 saturated carbocycles. The fourth-order valence-corrected chi connectivity index (χ4v) is 6.40. The molecule has 4 atom stereocenters. The van der Waals surface area contributed by atoms with Gasteiger partial charge in [0.2, 0.25) is 5.91 Å². The molecule has 2 fully saturated rings. The number of ether oxygens (including phenoxy) is 1. The van der Waals surface area contributed by atoms with Gasteiger partial charge in [0.25, 0.3) is 0 Å². The molecular weight excluding hydrogens is 497 g/mol. The van der Waals surface area contributed by atoms with Gasteiger partial charge in [-0.2, -0.15) is 0 Å². The zero-order chi connectivity index (χ0) is 26.0. The molecule has 1 heterocycles. The smallest absolute Gasteiger partial charge is 0.326 e.